The van der Waals surface area contributed by atoms with Crippen LogP contribution in [-0.4, -0.2) is 30.4 Å². The van der Waals surface area contributed by atoms with Gasteiger partial charge in [-0.3, -0.25) is 0 Å². The maximum absolute atomic E-state index is 11.7. The maximum atomic E-state index is 11.7. The van der Waals surface area contributed by atoms with Gasteiger partial charge in [-0.1, -0.05) is 42.5 Å². The molecule has 29 heavy (non-hydrogen) atoms. The first-order chi connectivity index (χ1) is 14.2. The zero-order valence-electron chi connectivity index (χ0n) is 15.6. The van der Waals surface area contributed by atoms with Crippen LogP contribution in [0.1, 0.15) is 11.7 Å². The van der Waals surface area contributed by atoms with Crippen LogP contribution in [0.4, 0.5) is 0 Å². The average molecular weight is 392 g/mol. The van der Waals surface area contributed by atoms with E-state index in [0.29, 0.717) is 36.0 Å². The third-order valence-corrected chi connectivity index (χ3v) is 4.45. The molecule has 1 heterocycles. The fraction of sp³-hybridized carbons (Fsp3) is 0.174. The third kappa shape index (κ3) is 4.43. The largest absolute Gasteiger partial charge is 0.490 e. The first-order valence-corrected chi connectivity index (χ1v) is 9.26. The Labute approximate surface area is 168 Å². The van der Waals surface area contributed by atoms with Crippen molar-refractivity contribution in [2.45, 2.75) is 12.2 Å². The standard InChI is InChI=1S/C23H20O6/c24-23(25)22-21(28-19-8-4-5-9-20(19)29-22)16-10-12-18(13-11-16)27-15-14-26-17-6-2-1-3-7-17/h1-13,21-22H,14-15H2,(H,24,25). The summed E-state index contributed by atoms with van der Waals surface area (Å²) in [5.41, 5.74) is 0.694. The number of hydrogen-bond donors (Lipinski definition) is 1. The van der Waals surface area contributed by atoms with E-state index < -0.39 is 18.2 Å². The molecular weight excluding hydrogens is 372 g/mol. The van der Waals surface area contributed by atoms with Crippen LogP contribution in [0, 0.1) is 0 Å². The molecule has 0 saturated carbocycles. The number of carbonyl (C=O) groups is 1. The van der Waals surface area contributed by atoms with Crippen LogP contribution in [-0.2, 0) is 4.79 Å². The van der Waals surface area contributed by atoms with Crippen molar-refractivity contribution in [2.24, 2.45) is 0 Å². The molecule has 6 heteroatoms. The van der Waals surface area contributed by atoms with Gasteiger partial charge in [0, 0.05) is 0 Å². The maximum Gasteiger partial charge on any atom is 0.349 e. The Kier molecular flexibility index (Phi) is 5.52. The van der Waals surface area contributed by atoms with E-state index in [4.69, 9.17) is 18.9 Å². The van der Waals surface area contributed by atoms with Gasteiger partial charge >= 0.3 is 5.97 Å². The van der Waals surface area contributed by atoms with E-state index in [1.807, 2.05) is 36.4 Å². The van der Waals surface area contributed by atoms with Gasteiger partial charge in [0.25, 0.3) is 0 Å². The number of aliphatic carboxylic acids is 1. The summed E-state index contributed by atoms with van der Waals surface area (Å²) in [5.74, 6) is 1.32. The summed E-state index contributed by atoms with van der Waals surface area (Å²) in [5, 5.41) is 9.54. The van der Waals surface area contributed by atoms with Crippen molar-refractivity contribution in [1.82, 2.24) is 0 Å². The highest BCUT2D eigenvalue weighted by Crippen LogP contribution is 2.39. The Morgan fingerprint density at radius 1 is 0.759 bits per heavy atom. The van der Waals surface area contributed by atoms with Crippen molar-refractivity contribution in [1.29, 1.82) is 0 Å². The summed E-state index contributed by atoms with van der Waals surface area (Å²) >= 11 is 0. The van der Waals surface area contributed by atoms with E-state index in [2.05, 4.69) is 0 Å². The quantitative estimate of drug-likeness (QED) is 0.610. The topological polar surface area (TPSA) is 74.2 Å². The number of hydrogen-bond acceptors (Lipinski definition) is 5. The van der Waals surface area contributed by atoms with Crippen LogP contribution in [0.5, 0.6) is 23.0 Å². The number of ether oxygens (including phenoxy) is 4. The van der Waals surface area contributed by atoms with Crippen LogP contribution in [0.3, 0.4) is 0 Å². The van der Waals surface area contributed by atoms with Gasteiger partial charge in [-0.05, 0) is 42.0 Å². The molecule has 0 spiro atoms. The first kappa shape index (κ1) is 18.7. The highest BCUT2D eigenvalue weighted by Gasteiger charge is 2.38. The molecule has 0 saturated heterocycles. The third-order valence-electron chi connectivity index (χ3n) is 4.45. The van der Waals surface area contributed by atoms with Gasteiger partial charge < -0.3 is 24.1 Å². The highest BCUT2D eigenvalue weighted by atomic mass is 16.6. The molecule has 1 aliphatic heterocycles. The molecule has 0 bridgehead atoms. The molecule has 0 fully saturated rings. The lowest BCUT2D eigenvalue weighted by atomic mass is 10.0. The monoisotopic (exact) mass is 392 g/mol. The van der Waals surface area contributed by atoms with Crippen LogP contribution in [0.25, 0.3) is 0 Å². The highest BCUT2D eigenvalue weighted by molar-refractivity contribution is 5.75. The minimum absolute atomic E-state index is 0.391. The number of rotatable bonds is 7. The summed E-state index contributed by atoms with van der Waals surface area (Å²) in [6.07, 6.45) is -1.88. The molecule has 3 aromatic rings. The smallest absolute Gasteiger partial charge is 0.349 e. The Bertz CT molecular complexity index is 955. The van der Waals surface area contributed by atoms with Crippen molar-refractivity contribution in [2.75, 3.05) is 13.2 Å². The average Bonchev–Trinajstić information content (AvgIpc) is 2.77. The molecule has 0 aromatic heterocycles. The Balaban J connectivity index is 1.38. The van der Waals surface area contributed by atoms with Gasteiger partial charge in [-0.2, -0.15) is 0 Å². The van der Waals surface area contributed by atoms with Crippen LogP contribution < -0.4 is 18.9 Å². The summed E-state index contributed by atoms with van der Waals surface area (Å²) < 4.78 is 22.8. The summed E-state index contributed by atoms with van der Waals surface area (Å²) in [6, 6.07) is 23.7. The Morgan fingerprint density at radius 2 is 1.31 bits per heavy atom. The van der Waals surface area contributed by atoms with Crippen molar-refractivity contribution >= 4 is 5.97 Å². The number of fused-ring (bicyclic) bond motifs is 1. The van der Waals surface area contributed by atoms with E-state index in [1.165, 1.54) is 0 Å². The molecule has 2 atom stereocenters. The van der Waals surface area contributed by atoms with E-state index in [9.17, 15) is 9.90 Å². The normalized spacial score (nSPS) is 17.4. The van der Waals surface area contributed by atoms with Gasteiger partial charge in [-0.15, -0.1) is 0 Å². The minimum atomic E-state index is -1.13. The van der Waals surface area contributed by atoms with Crippen molar-refractivity contribution in [3.8, 4) is 23.0 Å². The predicted molar refractivity (Wildman–Crippen MR) is 106 cm³/mol. The minimum Gasteiger partial charge on any atom is -0.490 e. The zero-order chi connectivity index (χ0) is 20.1. The van der Waals surface area contributed by atoms with Gasteiger partial charge in [0.15, 0.2) is 17.6 Å². The van der Waals surface area contributed by atoms with E-state index in [1.54, 1.807) is 42.5 Å². The summed E-state index contributed by atoms with van der Waals surface area (Å²) in [6.45, 7) is 0.811. The van der Waals surface area contributed by atoms with Crippen LogP contribution >= 0.6 is 0 Å². The van der Waals surface area contributed by atoms with E-state index in [0.717, 1.165) is 5.75 Å². The molecule has 2 unspecified atom stereocenters. The second-order valence-electron chi connectivity index (χ2n) is 6.44. The van der Waals surface area contributed by atoms with Crippen LogP contribution in [0.2, 0.25) is 0 Å². The number of carboxylic acids is 1. The molecular formula is C23H20O6. The lowest BCUT2D eigenvalue weighted by molar-refractivity contribution is -0.151. The van der Waals surface area contributed by atoms with Gasteiger partial charge in [0.2, 0.25) is 6.10 Å². The molecule has 0 radical (unpaired) electrons. The summed E-state index contributed by atoms with van der Waals surface area (Å²) in [4.78, 5) is 11.7. The number of para-hydroxylation sites is 3. The predicted octanol–water partition coefficient (Wildman–Crippen LogP) is 4.11. The molecule has 1 aliphatic rings. The lowest BCUT2D eigenvalue weighted by Gasteiger charge is -2.31. The van der Waals surface area contributed by atoms with E-state index in [-0.39, 0.29) is 0 Å². The van der Waals surface area contributed by atoms with Crippen molar-refractivity contribution in [3.63, 3.8) is 0 Å². The second-order valence-corrected chi connectivity index (χ2v) is 6.44. The number of carboxylic acid groups (broad SMARTS) is 1. The Hall–Kier alpha value is -3.67. The molecule has 148 valence electrons. The van der Waals surface area contributed by atoms with Gasteiger partial charge in [0.05, 0.1) is 0 Å². The molecule has 3 aromatic carbocycles. The Morgan fingerprint density at radius 3 is 1.93 bits per heavy atom. The lowest BCUT2D eigenvalue weighted by Crippen LogP contribution is -2.39. The fourth-order valence-electron chi connectivity index (χ4n) is 3.05. The molecule has 6 nitrogen and oxygen atoms in total. The van der Waals surface area contributed by atoms with Crippen molar-refractivity contribution in [3.05, 3.63) is 84.4 Å². The van der Waals surface area contributed by atoms with Gasteiger partial charge in [-0.25, -0.2) is 4.79 Å². The first-order valence-electron chi connectivity index (χ1n) is 9.26. The van der Waals surface area contributed by atoms with E-state index >= 15 is 0 Å². The van der Waals surface area contributed by atoms with Gasteiger partial charge in [0.1, 0.15) is 24.7 Å². The molecule has 4 rings (SSSR count). The fourth-order valence-corrected chi connectivity index (χ4v) is 3.05. The molecule has 0 aliphatic carbocycles. The summed E-state index contributed by atoms with van der Waals surface area (Å²) in [7, 11) is 0. The molecule has 0 amide bonds. The van der Waals surface area contributed by atoms with Crippen molar-refractivity contribution < 1.29 is 28.8 Å². The zero-order valence-corrected chi connectivity index (χ0v) is 15.6. The molecule has 1 N–H and O–H groups in total. The number of benzene rings is 3. The van der Waals surface area contributed by atoms with Crippen LogP contribution in [0.15, 0.2) is 78.9 Å². The SMILES string of the molecule is O=C(O)C1Oc2ccccc2OC1c1ccc(OCCOc2ccccc2)cc1. The second kappa shape index (κ2) is 8.56.